The van der Waals surface area contributed by atoms with Crippen LogP contribution in [-0.4, -0.2) is 125 Å². The number of esters is 1. The number of rotatable bonds is 12. The van der Waals surface area contributed by atoms with E-state index in [2.05, 4.69) is 49.2 Å². The molecule has 0 spiro atoms. The summed E-state index contributed by atoms with van der Waals surface area (Å²) in [5.74, 6) is -2.50. The number of aliphatic imine (C=N–C) groups is 1. The van der Waals surface area contributed by atoms with E-state index in [1.807, 2.05) is 52.0 Å². The lowest BCUT2D eigenvalue weighted by atomic mass is 9.84. The average Bonchev–Trinajstić information content (AvgIpc) is 4.05. The standard InChI is InChI=1S/C49H66N8O8/c1-12-34(41(50-14-3)30(7)63-11)43-36-25-49(8,9)28-65-48(62)37-17-16-21-57(53-37)47(61)38(24-33-27-64-45(51-33)31-18-19-39(35(36)23-31)56(43)15-4)52-44(59)42(29(5)6)54(10)46(60)32-20-22-55(26-32)40(58)13-2/h12-14,18-19,23,27,29-30,32,37-38,42,53H,1-2,15-17,20-22,24-26,28H2,3-11H3,(H,52,59)/b41-34+,50-14?/t30-,32-,37-,38-,42-/m0/s1. The van der Waals surface area contributed by atoms with E-state index >= 15 is 0 Å². The van der Waals surface area contributed by atoms with E-state index in [-0.39, 0.29) is 50.0 Å². The van der Waals surface area contributed by atoms with Crippen molar-refractivity contribution in [3.8, 4) is 11.5 Å². The van der Waals surface area contributed by atoms with Crippen LogP contribution in [0.1, 0.15) is 84.7 Å². The Kier molecular flexibility index (Phi) is 15.3. The number of likely N-dealkylation sites (tertiary alicyclic amines) is 1. The predicted molar refractivity (Wildman–Crippen MR) is 249 cm³/mol. The molecule has 0 aliphatic carbocycles. The van der Waals surface area contributed by atoms with Gasteiger partial charge in [0, 0.05) is 80.4 Å². The van der Waals surface area contributed by atoms with Crippen LogP contribution in [0.3, 0.4) is 0 Å². The highest BCUT2D eigenvalue weighted by Crippen LogP contribution is 2.40. The van der Waals surface area contributed by atoms with Crippen molar-refractivity contribution >= 4 is 52.3 Å². The van der Waals surface area contributed by atoms with Gasteiger partial charge in [0.2, 0.25) is 23.6 Å². The van der Waals surface area contributed by atoms with Gasteiger partial charge in [0.1, 0.15) is 24.4 Å². The molecule has 3 aliphatic rings. The van der Waals surface area contributed by atoms with Crippen LogP contribution in [0.2, 0.25) is 0 Å². The third-order valence-electron chi connectivity index (χ3n) is 12.7. The van der Waals surface area contributed by atoms with Gasteiger partial charge in [-0.3, -0.25) is 34.0 Å². The Morgan fingerprint density at radius 3 is 2.55 bits per heavy atom. The van der Waals surface area contributed by atoms with Crippen LogP contribution in [-0.2, 0) is 52.8 Å². The number of carbonyl (C=O) groups excluding carboxylic acids is 5. The molecule has 2 fully saturated rings. The topological polar surface area (TPSA) is 181 Å². The van der Waals surface area contributed by atoms with Crippen molar-refractivity contribution in [3.05, 3.63) is 72.4 Å². The summed E-state index contributed by atoms with van der Waals surface area (Å²) in [6.07, 6.45) is 7.82. The maximum atomic E-state index is 14.6. The Bertz CT molecular complexity index is 2370. The Balaban J connectivity index is 1.42. The number of oxazole rings is 1. The quantitative estimate of drug-likeness (QED) is 0.102. The molecule has 0 unspecified atom stereocenters. The number of hydrogen-bond acceptors (Lipinski definition) is 11. The molecule has 0 radical (unpaired) electrons. The zero-order valence-electron chi connectivity index (χ0n) is 39.4. The third-order valence-corrected chi connectivity index (χ3v) is 12.7. The van der Waals surface area contributed by atoms with Crippen molar-refractivity contribution in [2.45, 2.75) is 111 Å². The first-order valence-corrected chi connectivity index (χ1v) is 22.7. The van der Waals surface area contributed by atoms with E-state index in [4.69, 9.17) is 23.9 Å². The Hall–Kier alpha value is -5.87. The molecule has 5 atom stereocenters. The highest BCUT2D eigenvalue weighted by atomic mass is 16.5. The van der Waals surface area contributed by atoms with Crippen molar-refractivity contribution in [1.82, 2.24) is 35.1 Å². The Morgan fingerprint density at radius 2 is 1.89 bits per heavy atom. The molecule has 65 heavy (non-hydrogen) atoms. The van der Waals surface area contributed by atoms with Gasteiger partial charge < -0.3 is 33.6 Å². The van der Waals surface area contributed by atoms with E-state index in [1.54, 1.807) is 25.3 Å². The summed E-state index contributed by atoms with van der Waals surface area (Å²) in [4.78, 5) is 81.6. The molecule has 16 nitrogen and oxygen atoms in total. The number of hydrazine groups is 1. The van der Waals surface area contributed by atoms with Crippen LogP contribution in [0.15, 0.2) is 64.9 Å². The maximum Gasteiger partial charge on any atom is 0.324 e. The van der Waals surface area contributed by atoms with Gasteiger partial charge in [-0.25, -0.2) is 10.4 Å². The minimum absolute atomic E-state index is 0.0466. The lowest BCUT2D eigenvalue weighted by molar-refractivity contribution is -0.155. The highest BCUT2D eigenvalue weighted by molar-refractivity contribution is 5.96. The number of fused-ring (bicyclic) bond motifs is 6. The van der Waals surface area contributed by atoms with Crippen LogP contribution >= 0.6 is 0 Å². The van der Waals surface area contributed by atoms with Crippen molar-refractivity contribution in [2.24, 2.45) is 22.2 Å². The number of carbonyl (C=O) groups is 5. The molecule has 350 valence electrons. The van der Waals surface area contributed by atoms with E-state index in [1.165, 1.54) is 22.2 Å². The van der Waals surface area contributed by atoms with Gasteiger partial charge >= 0.3 is 5.97 Å². The van der Waals surface area contributed by atoms with Gasteiger partial charge in [0.25, 0.3) is 5.91 Å². The smallest absolute Gasteiger partial charge is 0.324 e. The van der Waals surface area contributed by atoms with Crippen molar-refractivity contribution in [2.75, 3.05) is 40.4 Å². The second kappa shape index (κ2) is 20.5. The number of aromatic nitrogens is 2. The number of cyclic esters (lactones) is 1. The minimum Gasteiger partial charge on any atom is -0.464 e. The number of likely N-dealkylation sites (N-methyl/N-ethyl adjacent to an activating group) is 1. The van der Waals surface area contributed by atoms with Gasteiger partial charge in [-0.15, -0.1) is 0 Å². The number of allylic oxidation sites excluding steroid dienone is 2. The summed E-state index contributed by atoms with van der Waals surface area (Å²) in [7, 11) is 3.23. The van der Waals surface area contributed by atoms with Crippen LogP contribution in [0.5, 0.6) is 0 Å². The Morgan fingerprint density at radius 1 is 1.14 bits per heavy atom. The average molecular weight is 895 g/mol. The molecular weight excluding hydrogens is 829 g/mol. The summed E-state index contributed by atoms with van der Waals surface area (Å²) in [6.45, 7) is 23.1. The lowest BCUT2D eigenvalue weighted by Gasteiger charge is -2.36. The molecule has 2 aromatic heterocycles. The maximum absolute atomic E-state index is 14.6. The number of ether oxygens (including phenoxy) is 2. The first-order chi connectivity index (χ1) is 31.0. The summed E-state index contributed by atoms with van der Waals surface area (Å²) < 4.78 is 20.3. The van der Waals surface area contributed by atoms with E-state index < -0.39 is 47.2 Å². The van der Waals surface area contributed by atoms with Gasteiger partial charge in [-0.2, -0.15) is 0 Å². The number of amides is 4. The fourth-order valence-corrected chi connectivity index (χ4v) is 9.38. The first kappa shape index (κ1) is 48.6. The predicted octanol–water partition coefficient (Wildman–Crippen LogP) is 5.50. The molecule has 0 saturated carbocycles. The third kappa shape index (κ3) is 10.3. The molecule has 2 N–H and O–H groups in total. The highest BCUT2D eigenvalue weighted by Gasteiger charge is 2.40. The van der Waals surface area contributed by atoms with E-state index in [0.717, 1.165) is 33.4 Å². The lowest BCUT2D eigenvalue weighted by Crippen LogP contribution is -2.62. The minimum atomic E-state index is -1.16. The molecule has 16 heteroatoms. The number of benzene rings is 1. The number of hydrogen-bond donors (Lipinski definition) is 2. The second-order valence-electron chi connectivity index (χ2n) is 18.4. The summed E-state index contributed by atoms with van der Waals surface area (Å²) >= 11 is 0. The molecule has 3 aliphatic heterocycles. The summed E-state index contributed by atoms with van der Waals surface area (Å²) in [6, 6.07) is 3.11. The molecule has 5 heterocycles. The van der Waals surface area contributed by atoms with Crippen LogP contribution in [0.25, 0.3) is 27.9 Å². The first-order valence-electron chi connectivity index (χ1n) is 22.7. The second-order valence-corrected chi connectivity index (χ2v) is 18.4. The van der Waals surface area contributed by atoms with Gasteiger partial charge in [-0.1, -0.05) is 46.9 Å². The number of methoxy groups -OCH3 is 1. The molecule has 6 bridgehead atoms. The SMILES string of the molecule is C=CC(=O)N1CC[C@H](C(=O)N(C)[C@H](C(=O)N[C@H]2Cc3coc(n3)-c3ccc4c(c3)c(c(/C(C=C)=C(/N=CC)[C@H](C)OC)n4CC)CC(C)(C)COC(=O)[C@@H]3CCCN(N3)C2=O)C(C)C)C1. The zero-order chi connectivity index (χ0) is 47.3. The van der Waals surface area contributed by atoms with Crippen LogP contribution in [0, 0.1) is 17.3 Å². The number of aryl methyl sites for hydroxylation is 1. The molecule has 1 aromatic carbocycles. The monoisotopic (exact) mass is 895 g/mol. The van der Waals surface area contributed by atoms with Gasteiger partial charge in [-0.05, 0) is 82.2 Å². The fourth-order valence-electron chi connectivity index (χ4n) is 9.38. The normalized spacial score (nSPS) is 21.7. The molecule has 3 aromatic rings. The van der Waals surface area contributed by atoms with Crippen LogP contribution < -0.4 is 10.7 Å². The van der Waals surface area contributed by atoms with Crippen LogP contribution in [0.4, 0.5) is 0 Å². The molecule has 6 rings (SSSR count). The molecule has 2 saturated heterocycles. The van der Waals surface area contributed by atoms with Gasteiger partial charge in [0.05, 0.1) is 35.7 Å². The zero-order valence-corrected chi connectivity index (χ0v) is 39.4. The summed E-state index contributed by atoms with van der Waals surface area (Å²) in [5, 5.41) is 5.29. The largest absolute Gasteiger partial charge is 0.464 e. The fraction of sp³-hybridized carbons (Fsp3) is 0.531. The van der Waals surface area contributed by atoms with Crippen molar-refractivity contribution in [3.63, 3.8) is 0 Å². The number of nitrogens with zero attached hydrogens (tertiary/aromatic N) is 6. The molecule has 4 amide bonds. The summed E-state index contributed by atoms with van der Waals surface area (Å²) in [5.41, 5.74) is 8.11. The van der Waals surface area contributed by atoms with Gasteiger partial charge in [0.15, 0.2) is 0 Å². The van der Waals surface area contributed by atoms with E-state index in [9.17, 15) is 24.0 Å². The molecular formula is C49H66N8O8. The van der Waals surface area contributed by atoms with E-state index in [0.29, 0.717) is 55.9 Å². The van der Waals surface area contributed by atoms with Crippen molar-refractivity contribution in [1.29, 1.82) is 0 Å². The Labute approximate surface area is 382 Å². The number of nitrogens with one attached hydrogen (secondary N) is 2. The van der Waals surface area contributed by atoms with Crippen molar-refractivity contribution < 1.29 is 37.9 Å².